The van der Waals surface area contributed by atoms with Crippen LogP contribution in [0.4, 0.5) is 10.2 Å². The molecule has 1 N–H and O–H groups in total. The van der Waals surface area contributed by atoms with Crippen LogP contribution in [0.5, 0.6) is 5.75 Å². The van der Waals surface area contributed by atoms with Crippen molar-refractivity contribution in [2.45, 2.75) is 13.8 Å². The minimum absolute atomic E-state index is 0.158. The topological polar surface area (TPSA) is 56.1 Å². The molecule has 0 saturated heterocycles. The fraction of sp³-hybridized carbons (Fsp3) is 0.158. The largest absolute Gasteiger partial charge is 0.484 e. The normalized spacial score (nSPS) is 10.6. The summed E-state index contributed by atoms with van der Waals surface area (Å²) in [4.78, 5) is 12.2. The molecule has 26 heavy (non-hydrogen) atoms. The number of amides is 1. The average Bonchev–Trinajstić information content (AvgIpc) is 2.97. The highest BCUT2D eigenvalue weighted by Crippen LogP contribution is 2.21. The van der Waals surface area contributed by atoms with Gasteiger partial charge in [-0.2, -0.15) is 5.10 Å². The minimum Gasteiger partial charge on any atom is -0.484 e. The van der Waals surface area contributed by atoms with Gasteiger partial charge in [-0.15, -0.1) is 0 Å². The van der Waals surface area contributed by atoms with E-state index in [2.05, 4.69) is 10.4 Å². The molecular formula is C19H17ClFN3O2. The lowest BCUT2D eigenvalue weighted by Gasteiger charge is -2.10. The zero-order valence-electron chi connectivity index (χ0n) is 14.3. The van der Waals surface area contributed by atoms with Gasteiger partial charge in [0.2, 0.25) is 0 Å². The monoisotopic (exact) mass is 373 g/mol. The molecule has 0 unspecified atom stereocenters. The average molecular weight is 374 g/mol. The maximum absolute atomic E-state index is 13.1. The second-order valence-electron chi connectivity index (χ2n) is 5.81. The van der Waals surface area contributed by atoms with Crippen LogP contribution in [0.2, 0.25) is 5.02 Å². The van der Waals surface area contributed by atoms with Crippen molar-refractivity contribution in [3.8, 4) is 11.4 Å². The molecule has 3 aromatic rings. The van der Waals surface area contributed by atoms with Gasteiger partial charge in [-0.3, -0.25) is 4.79 Å². The van der Waals surface area contributed by atoms with Crippen molar-refractivity contribution in [2.24, 2.45) is 0 Å². The maximum Gasteiger partial charge on any atom is 0.263 e. The van der Waals surface area contributed by atoms with E-state index in [0.29, 0.717) is 22.3 Å². The molecule has 2 aromatic carbocycles. The van der Waals surface area contributed by atoms with Crippen molar-refractivity contribution in [3.05, 3.63) is 70.6 Å². The SMILES string of the molecule is Cc1cc(NC(=O)COc2ccc(Cl)c(C)c2)n(-c2ccc(F)cc2)n1. The third kappa shape index (κ3) is 4.21. The Morgan fingerprint density at radius 1 is 1.19 bits per heavy atom. The van der Waals surface area contributed by atoms with E-state index in [4.69, 9.17) is 16.3 Å². The van der Waals surface area contributed by atoms with E-state index in [0.717, 1.165) is 11.3 Å². The molecule has 1 aromatic heterocycles. The lowest BCUT2D eigenvalue weighted by atomic mass is 10.2. The molecule has 0 aliphatic rings. The van der Waals surface area contributed by atoms with Gasteiger partial charge in [-0.1, -0.05) is 11.6 Å². The Bertz CT molecular complexity index is 938. The van der Waals surface area contributed by atoms with E-state index >= 15 is 0 Å². The number of carbonyl (C=O) groups excluding carboxylic acids is 1. The van der Waals surface area contributed by atoms with Crippen LogP contribution in [0.15, 0.2) is 48.5 Å². The summed E-state index contributed by atoms with van der Waals surface area (Å²) in [6.45, 7) is 3.51. The molecular weight excluding hydrogens is 357 g/mol. The molecule has 0 saturated carbocycles. The molecule has 0 radical (unpaired) electrons. The van der Waals surface area contributed by atoms with Crippen molar-refractivity contribution in [1.29, 1.82) is 0 Å². The van der Waals surface area contributed by atoms with Crippen molar-refractivity contribution in [1.82, 2.24) is 9.78 Å². The second kappa shape index (κ2) is 7.58. The number of aryl methyl sites for hydroxylation is 2. The van der Waals surface area contributed by atoms with Crippen LogP contribution in [0.1, 0.15) is 11.3 Å². The molecule has 0 spiro atoms. The first kappa shape index (κ1) is 17.9. The fourth-order valence-electron chi connectivity index (χ4n) is 2.40. The van der Waals surface area contributed by atoms with Gasteiger partial charge in [0.05, 0.1) is 11.4 Å². The maximum atomic E-state index is 13.1. The fourth-order valence-corrected chi connectivity index (χ4v) is 2.52. The van der Waals surface area contributed by atoms with Crippen LogP contribution in [0.3, 0.4) is 0 Å². The van der Waals surface area contributed by atoms with E-state index in [1.165, 1.54) is 12.1 Å². The lowest BCUT2D eigenvalue weighted by molar-refractivity contribution is -0.118. The highest BCUT2D eigenvalue weighted by atomic mass is 35.5. The number of hydrogen-bond acceptors (Lipinski definition) is 3. The van der Waals surface area contributed by atoms with Crippen LogP contribution >= 0.6 is 11.6 Å². The molecule has 7 heteroatoms. The predicted molar refractivity (Wildman–Crippen MR) is 98.6 cm³/mol. The predicted octanol–water partition coefficient (Wildman–Crippen LogP) is 4.30. The minimum atomic E-state index is -0.338. The van der Waals surface area contributed by atoms with E-state index in [-0.39, 0.29) is 18.3 Å². The first-order valence-electron chi connectivity index (χ1n) is 7.94. The van der Waals surface area contributed by atoms with E-state index in [1.807, 2.05) is 13.8 Å². The quantitative estimate of drug-likeness (QED) is 0.725. The summed E-state index contributed by atoms with van der Waals surface area (Å²) >= 11 is 5.97. The van der Waals surface area contributed by atoms with E-state index in [9.17, 15) is 9.18 Å². The number of anilines is 1. The van der Waals surface area contributed by atoms with Crippen LogP contribution in [0, 0.1) is 19.7 Å². The summed E-state index contributed by atoms with van der Waals surface area (Å²) in [5, 5.41) is 7.72. The van der Waals surface area contributed by atoms with Gasteiger partial charge in [0, 0.05) is 11.1 Å². The Hall–Kier alpha value is -2.86. The number of rotatable bonds is 5. The van der Waals surface area contributed by atoms with Crippen LogP contribution < -0.4 is 10.1 Å². The van der Waals surface area contributed by atoms with Crippen LogP contribution in [0.25, 0.3) is 5.69 Å². The Balaban J connectivity index is 1.69. The Labute approximate surface area is 155 Å². The number of carbonyl (C=O) groups is 1. The van der Waals surface area contributed by atoms with Crippen molar-refractivity contribution >= 4 is 23.3 Å². The van der Waals surface area contributed by atoms with Crippen molar-refractivity contribution < 1.29 is 13.9 Å². The van der Waals surface area contributed by atoms with E-state index < -0.39 is 0 Å². The molecule has 0 atom stereocenters. The third-order valence-electron chi connectivity index (χ3n) is 3.67. The Morgan fingerprint density at radius 2 is 1.92 bits per heavy atom. The summed E-state index contributed by atoms with van der Waals surface area (Å²) < 4.78 is 20.1. The van der Waals surface area contributed by atoms with Crippen LogP contribution in [-0.2, 0) is 4.79 Å². The highest BCUT2D eigenvalue weighted by Gasteiger charge is 2.12. The summed E-state index contributed by atoms with van der Waals surface area (Å²) in [6.07, 6.45) is 0. The first-order valence-corrected chi connectivity index (χ1v) is 8.31. The lowest BCUT2D eigenvalue weighted by Crippen LogP contribution is -2.21. The summed E-state index contributed by atoms with van der Waals surface area (Å²) in [5.41, 5.74) is 2.23. The zero-order chi connectivity index (χ0) is 18.7. The molecule has 0 aliphatic carbocycles. The molecule has 1 heterocycles. The molecule has 0 fully saturated rings. The van der Waals surface area contributed by atoms with Crippen molar-refractivity contribution in [2.75, 3.05) is 11.9 Å². The van der Waals surface area contributed by atoms with Crippen LogP contribution in [-0.4, -0.2) is 22.3 Å². The number of hydrogen-bond donors (Lipinski definition) is 1. The Morgan fingerprint density at radius 3 is 2.62 bits per heavy atom. The molecule has 1 amide bonds. The van der Waals surface area contributed by atoms with Gasteiger partial charge >= 0.3 is 0 Å². The molecule has 0 aliphatic heterocycles. The van der Waals surface area contributed by atoms with Gasteiger partial charge in [0.25, 0.3) is 5.91 Å². The molecule has 134 valence electrons. The standard InChI is InChI=1S/C19H17ClFN3O2/c1-12-9-16(7-8-17(12)20)26-11-19(25)22-18-10-13(2)23-24(18)15-5-3-14(21)4-6-15/h3-10H,11H2,1-2H3,(H,22,25). The van der Waals surface area contributed by atoms with Gasteiger partial charge in [0.1, 0.15) is 17.4 Å². The van der Waals surface area contributed by atoms with Gasteiger partial charge in [0.15, 0.2) is 6.61 Å². The highest BCUT2D eigenvalue weighted by molar-refractivity contribution is 6.31. The van der Waals surface area contributed by atoms with Gasteiger partial charge in [-0.05, 0) is 61.9 Å². The number of nitrogens with zero attached hydrogens (tertiary/aromatic N) is 2. The summed E-state index contributed by atoms with van der Waals surface area (Å²) in [6, 6.07) is 12.8. The number of aromatic nitrogens is 2. The number of halogens is 2. The third-order valence-corrected chi connectivity index (χ3v) is 4.09. The Kier molecular flexibility index (Phi) is 5.23. The number of benzene rings is 2. The van der Waals surface area contributed by atoms with Crippen molar-refractivity contribution in [3.63, 3.8) is 0 Å². The smallest absolute Gasteiger partial charge is 0.263 e. The second-order valence-corrected chi connectivity index (χ2v) is 6.21. The van der Waals surface area contributed by atoms with Gasteiger partial charge in [-0.25, -0.2) is 9.07 Å². The summed E-state index contributed by atoms with van der Waals surface area (Å²) in [7, 11) is 0. The molecule has 3 rings (SSSR count). The zero-order valence-corrected chi connectivity index (χ0v) is 15.0. The first-order chi connectivity index (χ1) is 12.4. The van der Waals surface area contributed by atoms with E-state index in [1.54, 1.807) is 41.1 Å². The molecule has 5 nitrogen and oxygen atoms in total. The molecule has 0 bridgehead atoms. The summed E-state index contributed by atoms with van der Waals surface area (Å²) in [5.74, 6) is 0.371. The number of nitrogens with one attached hydrogen (secondary N) is 1. The van der Waals surface area contributed by atoms with Gasteiger partial charge < -0.3 is 10.1 Å². The number of ether oxygens (including phenoxy) is 1.